The quantitative estimate of drug-likeness (QED) is 0.0870. The average molecular weight is 661 g/mol. The van der Waals surface area contributed by atoms with Gasteiger partial charge in [-0.25, -0.2) is 0 Å². The van der Waals surface area contributed by atoms with Gasteiger partial charge in [-0.2, -0.15) is 21.6 Å². The van der Waals surface area contributed by atoms with Crippen LogP contribution in [0.4, 0.5) is 13.2 Å². The van der Waals surface area contributed by atoms with Gasteiger partial charge in [0.1, 0.15) is 5.76 Å². The fraction of sp³-hybridized carbons (Fsp3) is 0.824. The predicted octanol–water partition coefficient (Wildman–Crippen LogP) is 9.28. The molecule has 4 aliphatic rings. The van der Waals surface area contributed by atoms with E-state index in [0.717, 1.165) is 56.7 Å². The van der Waals surface area contributed by atoms with E-state index in [-0.39, 0.29) is 29.3 Å². The van der Waals surface area contributed by atoms with Gasteiger partial charge >= 0.3 is 15.6 Å². The highest BCUT2D eigenvalue weighted by Gasteiger charge is 2.66. The normalized spacial score (nSPS) is 33.3. The summed E-state index contributed by atoms with van der Waals surface area (Å²) in [5, 5.41) is 10.5. The van der Waals surface area contributed by atoms with Crippen LogP contribution in [0.15, 0.2) is 35.6 Å². The number of hydrogen-bond donors (Lipinski definition) is 1. The van der Waals surface area contributed by atoms with Crippen molar-refractivity contribution in [3.63, 3.8) is 0 Å². The fourth-order valence-electron chi connectivity index (χ4n) is 9.36. The van der Waals surface area contributed by atoms with Crippen LogP contribution in [0.3, 0.4) is 0 Å². The molecule has 1 N–H and O–H groups in total. The molecular weight excluding hydrogens is 606 g/mol. The van der Waals surface area contributed by atoms with Gasteiger partial charge in [0.05, 0.1) is 12.2 Å². The molecule has 0 saturated heterocycles. The standard InChI is InChI=1S/C34H55F3O5SSi/c1-8-44(9-2,10-3)42-31(5,6)19-11-13-24(4)28-16-17-29-25(14-12-20-32(28,29)7)21-27(23-38)33-22-26(33)15-18-30(33)41-43(39,40)34(35,36)37/h11,13,18,21,24,26-29,38H,8-10,12,14-17,19-20,22-23H2,1-7H3/b13-11+,25-21+/t24-,26-,27+,28-,29+,32-,33+/m1/s1. The van der Waals surface area contributed by atoms with E-state index in [1.807, 2.05) is 0 Å². The molecule has 0 unspecified atom stereocenters. The molecule has 44 heavy (non-hydrogen) atoms. The lowest BCUT2D eigenvalue weighted by Gasteiger charge is -2.44. The van der Waals surface area contributed by atoms with Gasteiger partial charge in [-0.1, -0.05) is 58.4 Å². The summed E-state index contributed by atoms with van der Waals surface area (Å²) in [5.74, 6) is 0.647. The van der Waals surface area contributed by atoms with Crippen molar-refractivity contribution in [3.8, 4) is 0 Å². The van der Waals surface area contributed by atoms with Crippen molar-refractivity contribution in [2.75, 3.05) is 6.61 Å². The Balaban J connectivity index is 1.47. The highest BCUT2D eigenvalue weighted by atomic mass is 32.2. The van der Waals surface area contributed by atoms with Gasteiger partial charge in [-0.15, -0.1) is 0 Å². The summed E-state index contributed by atoms with van der Waals surface area (Å²) >= 11 is 0. The van der Waals surface area contributed by atoms with Crippen molar-refractivity contribution in [3.05, 3.63) is 35.6 Å². The number of alkyl halides is 3. The first kappa shape index (κ1) is 35.7. The van der Waals surface area contributed by atoms with Crippen LogP contribution in [0.5, 0.6) is 0 Å². The molecule has 0 heterocycles. The number of fused-ring (bicyclic) bond motifs is 2. The van der Waals surface area contributed by atoms with E-state index in [0.29, 0.717) is 30.6 Å². The summed E-state index contributed by atoms with van der Waals surface area (Å²) < 4.78 is 74.6. The molecule has 0 spiro atoms. The van der Waals surface area contributed by atoms with E-state index >= 15 is 0 Å². The minimum absolute atomic E-state index is 0.000530. The smallest absolute Gasteiger partial charge is 0.412 e. The van der Waals surface area contributed by atoms with Gasteiger partial charge in [0, 0.05) is 11.3 Å². The zero-order valence-electron chi connectivity index (χ0n) is 27.8. The van der Waals surface area contributed by atoms with E-state index in [2.05, 4.69) is 66.7 Å². The number of aliphatic hydroxyl groups excluding tert-OH is 1. The molecule has 3 fully saturated rings. The Morgan fingerprint density at radius 2 is 1.82 bits per heavy atom. The Bertz CT molecular complexity index is 1230. The largest absolute Gasteiger partial charge is 0.534 e. The Labute approximate surface area is 265 Å². The molecule has 10 heteroatoms. The first-order valence-electron chi connectivity index (χ1n) is 16.8. The second kappa shape index (κ2) is 12.8. The Morgan fingerprint density at radius 1 is 1.16 bits per heavy atom. The minimum Gasteiger partial charge on any atom is -0.412 e. The fourth-order valence-corrected chi connectivity index (χ4v) is 13.1. The summed E-state index contributed by atoms with van der Waals surface area (Å²) in [5.41, 5.74) is -5.18. The highest BCUT2D eigenvalue weighted by Crippen LogP contribution is 2.69. The molecule has 3 saturated carbocycles. The summed E-state index contributed by atoms with van der Waals surface area (Å²) in [6.07, 6.45) is 15.4. The van der Waals surface area contributed by atoms with Crippen LogP contribution in [0, 0.1) is 40.4 Å². The van der Waals surface area contributed by atoms with E-state index < -0.39 is 35.3 Å². The van der Waals surface area contributed by atoms with Crippen LogP contribution in [0.1, 0.15) is 99.8 Å². The number of hydrogen-bond acceptors (Lipinski definition) is 5. The Kier molecular flexibility index (Phi) is 10.4. The maximum Gasteiger partial charge on any atom is 0.534 e. The third kappa shape index (κ3) is 6.66. The van der Waals surface area contributed by atoms with Crippen LogP contribution in [-0.4, -0.2) is 39.6 Å². The molecule has 0 amide bonds. The first-order chi connectivity index (χ1) is 20.4. The Hall–Kier alpha value is -1.10. The number of rotatable bonds is 14. The van der Waals surface area contributed by atoms with E-state index in [1.165, 1.54) is 11.6 Å². The van der Waals surface area contributed by atoms with Gasteiger partial charge in [0.15, 0.2) is 8.32 Å². The lowest BCUT2D eigenvalue weighted by atomic mass is 9.60. The van der Waals surface area contributed by atoms with Gasteiger partial charge in [-0.3, -0.25) is 0 Å². The molecule has 0 radical (unpaired) electrons. The highest BCUT2D eigenvalue weighted by molar-refractivity contribution is 7.87. The van der Waals surface area contributed by atoms with Crippen LogP contribution < -0.4 is 0 Å². The zero-order valence-corrected chi connectivity index (χ0v) is 29.6. The van der Waals surface area contributed by atoms with Gasteiger partial charge in [0.25, 0.3) is 0 Å². The van der Waals surface area contributed by atoms with Crippen molar-refractivity contribution >= 4 is 18.4 Å². The summed E-state index contributed by atoms with van der Waals surface area (Å²) in [6.45, 7) is 15.7. The molecule has 4 rings (SSSR count). The maximum absolute atomic E-state index is 13.1. The van der Waals surface area contributed by atoms with Gasteiger partial charge in [0.2, 0.25) is 0 Å². The molecule has 5 nitrogen and oxygen atoms in total. The van der Waals surface area contributed by atoms with Gasteiger partial charge in [-0.05, 0) is 119 Å². The van der Waals surface area contributed by atoms with Crippen molar-refractivity contribution in [1.29, 1.82) is 0 Å². The van der Waals surface area contributed by atoms with Crippen molar-refractivity contribution in [2.45, 2.75) is 129 Å². The summed E-state index contributed by atoms with van der Waals surface area (Å²) in [7, 11) is -7.46. The van der Waals surface area contributed by atoms with Crippen molar-refractivity contribution in [2.24, 2.45) is 40.4 Å². The molecule has 0 aromatic rings. The van der Waals surface area contributed by atoms with Crippen LogP contribution in [0.25, 0.3) is 0 Å². The molecular formula is C34H55F3O5SSi. The van der Waals surface area contributed by atoms with Gasteiger partial charge < -0.3 is 13.7 Å². The summed E-state index contributed by atoms with van der Waals surface area (Å²) in [4.78, 5) is 0. The predicted molar refractivity (Wildman–Crippen MR) is 171 cm³/mol. The zero-order chi connectivity index (χ0) is 32.8. The monoisotopic (exact) mass is 660 g/mol. The second-order valence-corrected chi connectivity index (χ2v) is 21.2. The molecule has 0 aromatic heterocycles. The third-order valence-corrected chi connectivity index (χ3v) is 17.9. The third-order valence-electron chi connectivity index (χ3n) is 12.1. The van der Waals surface area contributed by atoms with E-state index in [1.54, 1.807) is 0 Å². The molecule has 252 valence electrons. The summed E-state index contributed by atoms with van der Waals surface area (Å²) in [6, 6.07) is 3.41. The molecule has 0 aromatic carbocycles. The van der Waals surface area contributed by atoms with Crippen molar-refractivity contribution in [1.82, 2.24) is 0 Å². The number of allylic oxidation sites excluding steroid dienone is 4. The molecule has 0 aliphatic heterocycles. The molecule has 4 aliphatic carbocycles. The topological polar surface area (TPSA) is 72.8 Å². The maximum atomic E-state index is 13.1. The lowest BCUT2D eigenvalue weighted by molar-refractivity contribution is -0.0530. The number of halogens is 3. The van der Waals surface area contributed by atoms with E-state index in [9.17, 15) is 26.7 Å². The lowest BCUT2D eigenvalue weighted by Crippen LogP contribution is -2.44. The van der Waals surface area contributed by atoms with Crippen LogP contribution in [-0.2, 0) is 18.7 Å². The number of aliphatic hydroxyl groups is 1. The Morgan fingerprint density at radius 3 is 2.39 bits per heavy atom. The van der Waals surface area contributed by atoms with E-state index in [4.69, 9.17) is 8.61 Å². The molecule has 7 atom stereocenters. The average Bonchev–Trinajstić information content (AvgIpc) is 3.42. The molecule has 0 bridgehead atoms. The second-order valence-electron chi connectivity index (χ2n) is 15.0. The minimum atomic E-state index is -5.75. The van der Waals surface area contributed by atoms with Crippen LogP contribution >= 0.6 is 0 Å². The van der Waals surface area contributed by atoms with Crippen molar-refractivity contribution < 1.29 is 35.3 Å². The first-order valence-corrected chi connectivity index (χ1v) is 20.8. The van der Waals surface area contributed by atoms with Crippen LogP contribution in [0.2, 0.25) is 18.1 Å². The SMILES string of the molecule is CC[Si](CC)(CC)OC(C)(C)C/C=C/[C@@H](C)[C@H]1CC[C@H]2/C(=C/[C@@H](CO)[C@]34C[C@H]3CC=C4OS(=O)(=O)C(F)(F)F)CCC[C@]12C.